The second kappa shape index (κ2) is 6.79. The van der Waals surface area contributed by atoms with Crippen molar-refractivity contribution in [2.24, 2.45) is 14.1 Å². The molecule has 0 aliphatic rings. The summed E-state index contributed by atoms with van der Waals surface area (Å²) < 4.78 is 7.63. The Morgan fingerprint density at radius 1 is 1.12 bits per heavy atom. The standard InChI is InChI=1S/C17H17N5O4/c1-20(16(24)12-9-14(23)22(3)17(25)21(12)2)10-13-18-19-15(26-13)11-7-5-4-6-8-11/h4-9H,10H2,1-3H3. The van der Waals surface area contributed by atoms with Crippen LogP contribution in [0.1, 0.15) is 16.4 Å². The molecule has 9 heteroatoms. The van der Waals surface area contributed by atoms with Gasteiger partial charge in [0.2, 0.25) is 11.8 Å². The highest BCUT2D eigenvalue weighted by molar-refractivity contribution is 5.92. The molecule has 0 aliphatic carbocycles. The fourth-order valence-corrected chi connectivity index (χ4v) is 2.42. The molecule has 0 spiro atoms. The van der Waals surface area contributed by atoms with Gasteiger partial charge in [0.1, 0.15) is 5.69 Å². The first-order valence-electron chi connectivity index (χ1n) is 7.79. The van der Waals surface area contributed by atoms with Crippen molar-refractivity contribution < 1.29 is 9.21 Å². The zero-order valence-electron chi connectivity index (χ0n) is 14.5. The summed E-state index contributed by atoms with van der Waals surface area (Å²) >= 11 is 0. The third kappa shape index (κ3) is 3.18. The Kier molecular flexibility index (Phi) is 4.53. The number of benzene rings is 1. The van der Waals surface area contributed by atoms with Crippen molar-refractivity contribution in [2.75, 3.05) is 7.05 Å². The summed E-state index contributed by atoms with van der Waals surface area (Å²) in [7, 11) is 4.31. The van der Waals surface area contributed by atoms with Gasteiger partial charge in [0.05, 0.1) is 6.54 Å². The maximum absolute atomic E-state index is 12.6. The maximum atomic E-state index is 12.6. The van der Waals surface area contributed by atoms with E-state index in [-0.39, 0.29) is 18.1 Å². The van der Waals surface area contributed by atoms with Crippen molar-refractivity contribution in [1.29, 1.82) is 0 Å². The highest BCUT2D eigenvalue weighted by Crippen LogP contribution is 2.17. The Morgan fingerprint density at radius 2 is 1.81 bits per heavy atom. The molecular formula is C17H17N5O4. The Morgan fingerprint density at radius 3 is 2.50 bits per heavy atom. The summed E-state index contributed by atoms with van der Waals surface area (Å²) in [6.45, 7) is 0.0437. The van der Waals surface area contributed by atoms with Crippen LogP contribution in [0.15, 0.2) is 50.4 Å². The lowest BCUT2D eigenvalue weighted by Gasteiger charge is -2.16. The van der Waals surface area contributed by atoms with Gasteiger partial charge in [0, 0.05) is 32.8 Å². The van der Waals surface area contributed by atoms with Gasteiger partial charge in [0.25, 0.3) is 11.5 Å². The summed E-state index contributed by atoms with van der Waals surface area (Å²) in [6.07, 6.45) is 0. The van der Waals surface area contributed by atoms with Crippen molar-refractivity contribution in [2.45, 2.75) is 6.54 Å². The van der Waals surface area contributed by atoms with Crippen molar-refractivity contribution in [1.82, 2.24) is 24.2 Å². The van der Waals surface area contributed by atoms with Crippen LogP contribution in [0.25, 0.3) is 11.5 Å². The average molecular weight is 355 g/mol. The van der Waals surface area contributed by atoms with E-state index >= 15 is 0 Å². The predicted molar refractivity (Wildman–Crippen MR) is 92.5 cm³/mol. The molecular weight excluding hydrogens is 338 g/mol. The molecule has 9 nitrogen and oxygen atoms in total. The lowest BCUT2D eigenvalue weighted by atomic mass is 10.2. The molecule has 0 aliphatic heterocycles. The van der Waals surface area contributed by atoms with Gasteiger partial charge in [-0.15, -0.1) is 10.2 Å². The highest BCUT2D eigenvalue weighted by Gasteiger charge is 2.20. The van der Waals surface area contributed by atoms with Gasteiger partial charge in [-0.05, 0) is 12.1 Å². The van der Waals surface area contributed by atoms with Gasteiger partial charge in [-0.1, -0.05) is 18.2 Å². The van der Waals surface area contributed by atoms with Crippen LogP contribution in [0.4, 0.5) is 0 Å². The molecule has 2 aromatic heterocycles. The average Bonchev–Trinajstić information content (AvgIpc) is 3.11. The zero-order valence-corrected chi connectivity index (χ0v) is 14.5. The lowest BCUT2D eigenvalue weighted by molar-refractivity contribution is 0.0761. The van der Waals surface area contributed by atoms with E-state index in [1.54, 1.807) is 0 Å². The van der Waals surface area contributed by atoms with Crippen LogP contribution in [0.3, 0.4) is 0 Å². The van der Waals surface area contributed by atoms with E-state index in [0.29, 0.717) is 5.89 Å². The van der Waals surface area contributed by atoms with Crippen LogP contribution >= 0.6 is 0 Å². The van der Waals surface area contributed by atoms with Crippen LogP contribution < -0.4 is 11.2 Å². The quantitative estimate of drug-likeness (QED) is 0.671. The topological polar surface area (TPSA) is 103 Å². The summed E-state index contributed by atoms with van der Waals surface area (Å²) in [4.78, 5) is 37.7. The van der Waals surface area contributed by atoms with Gasteiger partial charge in [0.15, 0.2) is 0 Å². The summed E-state index contributed by atoms with van der Waals surface area (Å²) in [5.74, 6) is 0.0951. The maximum Gasteiger partial charge on any atom is 0.331 e. The molecule has 0 fully saturated rings. The molecule has 2 heterocycles. The molecule has 0 N–H and O–H groups in total. The van der Waals surface area contributed by atoms with E-state index in [9.17, 15) is 14.4 Å². The number of aromatic nitrogens is 4. The number of carbonyl (C=O) groups excluding carboxylic acids is 1. The minimum Gasteiger partial charge on any atom is -0.419 e. The van der Waals surface area contributed by atoms with E-state index in [0.717, 1.165) is 20.8 Å². The first-order valence-corrected chi connectivity index (χ1v) is 7.79. The zero-order chi connectivity index (χ0) is 18.8. The van der Waals surface area contributed by atoms with Crippen molar-refractivity contribution >= 4 is 5.91 Å². The van der Waals surface area contributed by atoms with Gasteiger partial charge in [-0.25, -0.2) is 4.79 Å². The van der Waals surface area contributed by atoms with Gasteiger partial charge in [-0.2, -0.15) is 0 Å². The first-order chi connectivity index (χ1) is 12.4. The van der Waals surface area contributed by atoms with Crippen molar-refractivity contribution in [3.05, 3.63) is 68.8 Å². The third-order valence-electron chi connectivity index (χ3n) is 3.95. The van der Waals surface area contributed by atoms with Crippen molar-refractivity contribution in [3.8, 4) is 11.5 Å². The smallest absolute Gasteiger partial charge is 0.331 e. The lowest BCUT2D eigenvalue weighted by Crippen LogP contribution is -2.41. The number of amides is 1. The van der Waals surface area contributed by atoms with E-state index in [1.165, 1.54) is 26.0 Å². The second-order valence-corrected chi connectivity index (χ2v) is 5.80. The molecule has 0 saturated heterocycles. The SMILES string of the molecule is CN(Cc1nnc(-c2ccccc2)o1)C(=O)c1cc(=O)n(C)c(=O)n1C. The Labute approximate surface area is 148 Å². The van der Waals surface area contributed by atoms with Crippen LogP contribution in [0.5, 0.6) is 0 Å². The number of hydrogen-bond acceptors (Lipinski definition) is 6. The largest absolute Gasteiger partial charge is 0.419 e. The van der Waals surface area contributed by atoms with Crippen LogP contribution in [-0.4, -0.2) is 37.2 Å². The molecule has 1 aromatic carbocycles. The highest BCUT2D eigenvalue weighted by atomic mass is 16.4. The van der Waals surface area contributed by atoms with Crippen LogP contribution in [0.2, 0.25) is 0 Å². The summed E-state index contributed by atoms with van der Waals surface area (Å²) in [5, 5.41) is 7.90. The molecule has 1 amide bonds. The molecule has 3 rings (SSSR count). The Bertz CT molecular complexity index is 1060. The number of rotatable bonds is 4. The first kappa shape index (κ1) is 17.3. The molecule has 134 valence electrons. The minimum absolute atomic E-state index is 0.0107. The second-order valence-electron chi connectivity index (χ2n) is 5.80. The van der Waals surface area contributed by atoms with E-state index in [4.69, 9.17) is 4.42 Å². The summed E-state index contributed by atoms with van der Waals surface area (Å²) in [5.41, 5.74) is -0.356. The van der Waals surface area contributed by atoms with E-state index in [2.05, 4.69) is 10.2 Å². The molecule has 0 atom stereocenters. The molecule has 0 saturated carbocycles. The molecule has 3 aromatic rings. The normalized spacial score (nSPS) is 10.7. The number of nitrogens with zero attached hydrogens (tertiary/aromatic N) is 5. The molecule has 0 radical (unpaired) electrons. The number of hydrogen-bond donors (Lipinski definition) is 0. The van der Waals surface area contributed by atoms with Gasteiger partial charge >= 0.3 is 5.69 Å². The Hall–Kier alpha value is -3.49. The van der Waals surface area contributed by atoms with Crippen LogP contribution in [-0.2, 0) is 20.6 Å². The van der Waals surface area contributed by atoms with E-state index in [1.807, 2.05) is 30.3 Å². The fourth-order valence-electron chi connectivity index (χ4n) is 2.42. The van der Waals surface area contributed by atoms with Crippen molar-refractivity contribution in [3.63, 3.8) is 0 Å². The molecule has 0 unspecified atom stereocenters. The monoisotopic (exact) mass is 355 g/mol. The van der Waals surface area contributed by atoms with Gasteiger partial charge < -0.3 is 9.32 Å². The fraction of sp³-hybridized carbons (Fsp3) is 0.235. The minimum atomic E-state index is -0.571. The third-order valence-corrected chi connectivity index (χ3v) is 3.95. The van der Waals surface area contributed by atoms with Crippen LogP contribution in [0, 0.1) is 0 Å². The molecule has 0 bridgehead atoms. The van der Waals surface area contributed by atoms with Gasteiger partial charge in [-0.3, -0.25) is 18.7 Å². The Balaban J connectivity index is 1.82. The molecule has 26 heavy (non-hydrogen) atoms. The van der Waals surface area contributed by atoms with E-state index < -0.39 is 17.2 Å². The summed E-state index contributed by atoms with van der Waals surface area (Å²) in [6, 6.07) is 10.4. The predicted octanol–water partition coefficient (Wildman–Crippen LogP) is 0.406. The number of carbonyl (C=O) groups is 1.